The Morgan fingerprint density at radius 2 is 0.728 bits per heavy atom. The monoisotopic (exact) mass is 1530 g/mol. The largest absolute Gasteiger partial charge is 0.480 e. The number of carboxylic acid groups (broad SMARTS) is 2. The molecule has 3 rings (SSSR count). The summed E-state index contributed by atoms with van der Waals surface area (Å²) >= 11 is 3.35. The number of alkyl halides is 1. The van der Waals surface area contributed by atoms with E-state index in [2.05, 4.69) is 76.0 Å². The molecule has 0 aromatic carbocycles. The number of Topliss-reactive ketones (excluding diaryl/α,β-unsaturated/α-hetero) is 1. The summed E-state index contributed by atoms with van der Waals surface area (Å²) in [7, 11) is 0. The highest BCUT2D eigenvalue weighted by atomic mass is 79.9. The fourth-order valence-corrected chi connectivity index (χ4v) is 10.3. The summed E-state index contributed by atoms with van der Waals surface area (Å²) in [6, 6.07) is 0. The third-order valence-corrected chi connectivity index (χ3v) is 14.9. The number of ketones is 1. The minimum atomic E-state index is -0.896. The molecule has 0 aromatic rings. The number of amides is 1. The van der Waals surface area contributed by atoms with Crippen LogP contribution in [0.4, 0.5) is 0 Å². The predicted molar refractivity (Wildman–Crippen MR) is 400 cm³/mol. The maximum Gasteiger partial charge on any atom is 0.320 e. The van der Waals surface area contributed by atoms with E-state index in [1.54, 1.807) is 0 Å². The molecule has 3 aliphatic rings. The van der Waals surface area contributed by atoms with Gasteiger partial charge in [-0.25, -0.2) is 0 Å². The zero-order chi connectivity index (χ0) is 78.7. The summed E-state index contributed by atoms with van der Waals surface area (Å²) in [4.78, 5) is 125. The third-order valence-electron chi connectivity index (χ3n) is 14.4. The van der Waals surface area contributed by atoms with Crippen LogP contribution in [0, 0.1) is 0 Å². The molecule has 0 unspecified atom stereocenters. The van der Waals surface area contributed by atoms with Crippen LogP contribution in [0.2, 0.25) is 0 Å². The summed E-state index contributed by atoms with van der Waals surface area (Å²) in [5.74, 6) is -3.16. The van der Waals surface area contributed by atoms with Crippen molar-refractivity contribution in [2.45, 2.75) is 190 Å². The fourth-order valence-electron chi connectivity index (χ4n) is 9.86. The quantitative estimate of drug-likeness (QED) is 0.0110. The molecule has 3 aliphatic heterocycles. The number of ether oxygens (including phenoxy) is 5. The van der Waals surface area contributed by atoms with Crippen LogP contribution in [0.5, 0.6) is 0 Å². The minimum absolute atomic E-state index is 0.0313. The number of carboxylic acids is 2. The van der Waals surface area contributed by atoms with Crippen molar-refractivity contribution < 1.29 is 77.0 Å². The van der Waals surface area contributed by atoms with Crippen molar-refractivity contribution in [1.82, 2.24) is 49.8 Å². The number of nitrogens with one attached hydrogen (secondary N) is 2. The lowest BCUT2D eigenvalue weighted by Crippen LogP contribution is -2.42. The Morgan fingerprint density at radius 3 is 1.02 bits per heavy atom. The van der Waals surface area contributed by atoms with Gasteiger partial charge in [-0.2, -0.15) is 0 Å². The molecule has 3 fully saturated rings. The number of nitrogens with zero attached hydrogens (tertiary/aromatic N) is 14. The molecule has 33 nitrogen and oxygen atoms in total. The maximum atomic E-state index is 12.3. The lowest BCUT2D eigenvalue weighted by Gasteiger charge is -2.27. The first kappa shape index (κ1) is 99.2. The van der Waals surface area contributed by atoms with Crippen LogP contribution in [-0.2, 0) is 66.8 Å². The average Bonchev–Trinajstić information content (AvgIpc) is 1.88. The molecular weight excluding hydrogens is 1400 g/mol. The van der Waals surface area contributed by atoms with Crippen molar-refractivity contribution in [3.63, 3.8) is 0 Å². The van der Waals surface area contributed by atoms with Crippen molar-refractivity contribution in [2.75, 3.05) is 202 Å². The number of esters is 5. The van der Waals surface area contributed by atoms with Crippen molar-refractivity contribution in [3.05, 3.63) is 20.9 Å². The van der Waals surface area contributed by atoms with Crippen LogP contribution >= 0.6 is 15.9 Å². The molecule has 0 saturated carbocycles. The standard InChI is InChI=1S/C22H44N4O4.C18H35N3O4.C16H29N7O5.C10H19BrO2.C3H5N3O/c1-21(2,3)29-19(27)17-25-13-11-24(10-8-7-9-23)12-14-26(16-15-25)18-20(28)30-22(4,5)6;1-17(2,3)24-15(22)13-20-9-7-19-8-10-21(12-11-20)14-16(23)25-18(4,5)6;17-20-19-11-14(24)18-3-1-2-4-21-5-7-22(12-15(25)26)9-10-23(8-6-21)13-16(27)28;1-10(2,3)13-9(12)7-5-4-6-8-11;1-3(7)2-5-6-4/h7-18,23H2,1-6H3;19H,7-14H2,1-6H3;1-13H2,(H,18,24)(H,25,26)(H,27,28);4-8H2,1-3H3;2H2,1H3. The number of aliphatic carboxylic acids is 2. The molecule has 0 aromatic heterocycles. The molecule has 3 saturated heterocycles. The van der Waals surface area contributed by atoms with E-state index in [0.29, 0.717) is 85.0 Å². The van der Waals surface area contributed by atoms with Crippen LogP contribution in [0.1, 0.15) is 162 Å². The van der Waals surface area contributed by atoms with E-state index in [1.165, 1.54) is 6.92 Å². The topological polar surface area (TPSA) is 414 Å². The van der Waals surface area contributed by atoms with Gasteiger partial charge >= 0.3 is 41.8 Å². The van der Waals surface area contributed by atoms with Crippen molar-refractivity contribution >= 4 is 69.4 Å². The highest BCUT2D eigenvalue weighted by molar-refractivity contribution is 9.09. The maximum absolute atomic E-state index is 12.3. The van der Waals surface area contributed by atoms with E-state index >= 15 is 0 Å². The van der Waals surface area contributed by atoms with Gasteiger partial charge in [0.1, 0.15) is 40.3 Å². The minimum Gasteiger partial charge on any atom is -0.480 e. The lowest BCUT2D eigenvalue weighted by molar-refractivity contribution is -0.158. The molecule has 0 aliphatic carbocycles. The Kier molecular flexibility index (Phi) is 53.5. The summed E-state index contributed by atoms with van der Waals surface area (Å²) in [6.07, 6.45) is 7.34. The molecule has 596 valence electrons. The molecule has 0 bridgehead atoms. The molecular formula is C69H132BrN17O16. The first-order valence-corrected chi connectivity index (χ1v) is 37.1. The van der Waals surface area contributed by atoms with Gasteiger partial charge in [0.15, 0.2) is 0 Å². The van der Waals surface area contributed by atoms with Gasteiger partial charge in [0.05, 0.1) is 45.8 Å². The molecule has 6 N–H and O–H groups in total. The Labute approximate surface area is 622 Å². The van der Waals surface area contributed by atoms with Gasteiger partial charge in [-0.1, -0.05) is 32.6 Å². The van der Waals surface area contributed by atoms with Crippen LogP contribution in [0.25, 0.3) is 20.9 Å². The second-order valence-electron chi connectivity index (χ2n) is 30.3. The number of unbranched alkanes of at least 4 members (excludes halogenated alkanes) is 4. The second-order valence-corrected chi connectivity index (χ2v) is 31.1. The number of hydrogen-bond acceptors (Lipinski definition) is 26. The average molecular weight is 1540 g/mol. The number of carbonyl (C=O) groups is 9. The van der Waals surface area contributed by atoms with Gasteiger partial charge in [0, 0.05) is 146 Å². The fraction of sp³-hybridized carbons (Fsp3) is 0.870. The number of hydrogen-bond donors (Lipinski definition) is 5. The highest BCUT2D eigenvalue weighted by Gasteiger charge is 2.27. The molecule has 0 atom stereocenters. The van der Waals surface area contributed by atoms with Gasteiger partial charge in [-0.05, 0) is 180 Å². The second kappa shape index (κ2) is 55.6. The predicted octanol–water partition coefficient (Wildman–Crippen LogP) is 5.66. The van der Waals surface area contributed by atoms with E-state index < -0.39 is 34.3 Å². The zero-order valence-electron chi connectivity index (χ0n) is 65.4. The zero-order valence-corrected chi connectivity index (χ0v) is 67.0. The van der Waals surface area contributed by atoms with Gasteiger partial charge in [0.2, 0.25) is 5.91 Å². The van der Waals surface area contributed by atoms with Gasteiger partial charge in [-0.15, -0.1) is 0 Å². The number of halogens is 1. The number of rotatable bonds is 30. The van der Waals surface area contributed by atoms with Crippen LogP contribution < -0.4 is 16.4 Å². The van der Waals surface area contributed by atoms with Gasteiger partial charge < -0.3 is 60.1 Å². The van der Waals surface area contributed by atoms with Gasteiger partial charge in [0.25, 0.3) is 0 Å². The van der Waals surface area contributed by atoms with E-state index in [9.17, 15) is 43.2 Å². The summed E-state index contributed by atoms with van der Waals surface area (Å²) in [5.41, 5.74) is 19.2. The number of carbonyl (C=O) groups excluding carboxylic acids is 7. The van der Waals surface area contributed by atoms with Crippen molar-refractivity contribution in [2.24, 2.45) is 16.0 Å². The third kappa shape index (κ3) is 66.6. The van der Waals surface area contributed by atoms with Crippen molar-refractivity contribution in [1.29, 1.82) is 0 Å². The Balaban J connectivity index is 0. The summed E-state index contributed by atoms with van der Waals surface area (Å²) in [5, 5.41) is 31.3. The summed E-state index contributed by atoms with van der Waals surface area (Å²) < 4.78 is 27.0. The van der Waals surface area contributed by atoms with E-state index in [-0.39, 0.29) is 99.5 Å². The number of nitrogens with two attached hydrogens (primary N) is 1. The van der Waals surface area contributed by atoms with E-state index in [4.69, 9.17) is 50.7 Å². The summed E-state index contributed by atoms with van der Waals surface area (Å²) in [6.45, 7) is 46.2. The molecule has 0 radical (unpaired) electrons. The van der Waals surface area contributed by atoms with E-state index in [0.717, 1.165) is 116 Å². The normalized spacial score (nSPS) is 16.4. The molecule has 103 heavy (non-hydrogen) atoms. The van der Waals surface area contributed by atoms with E-state index in [1.807, 2.05) is 114 Å². The molecule has 0 spiro atoms. The SMILES string of the molecule is CC(=O)CN=[N+]=[N-].CC(C)(C)OC(=O)CCCCCBr.CC(C)(C)OC(=O)CN1CCN(CCCCN)CCN(CC(=O)OC(C)(C)C)CC1.CC(C)(C)OC(=O)CN1CCNCCN(CC(=O)OC(C)(C)C)CC1.[N-]=[N+]=NCC(=O)NCCCCN1CCN(CC(=O)O)CCN(CC(=O)O)CC1. The van der Waals surface area contributed by atoms with Crippen LogP contribution in [0.15, 0.2) is 10.2 Å². The first-order valence-electron chi connectivity index (χ1n) is 36.0. The Bertz CT molecular complexity index is 2440. The number of azide groups is 2. The van der Waals surface area contributed by atoms with Crippen molar-refractivity contribution in [3.8, 4) is 0 Å². The Morgan fingerprint density at radius 1 is 0.427 bits per heavy atom. The first-order chi connectivity index (χ1) is 47.9. The molecule has 34 heteroatoms. The molecule has 1 amide bonds. The van der Waals surface area contributed by atoms with Crippen LogP contribution in [0.3, 0.4) is 0 Å². The molecule has 3 heterocycles. The lowest BCUT2D eigenvalue weighted by atomic mass is 10.2. The highest BCUT2D eigenvalue weighted by Crippen LogP contribution is 2.15. The smallest absolute Gasteiger partial charge is 0.320 e. The van der Waals surface area contributed by atoms with Gasteiger partial charge in [-0.3, -0.25) is 72.6 Å². The van der Waals surface area contributed by atoms with Crippen LogP contribution in [-0.4, -0.2) is 333 Å². The Hall–Kier alpha value is -5.87.